The number of hydrogen-bond donors (Lipinski definition) is 2. The fourth-order valence-electron chi connectivity index (χ4n) is 3.97. The molecule has 0 saturated heterocycles. The second-order valence-electron chi connectivity index (χ2n) is 7.66. The van der Waals surface area contributed by atoms with Gasteiger partial charge in [-0.25, -0.2) is 14.4 Å². The van der Waals surface area contributed by atoms with E-state index in [1.807, 2.05) is 60.7 Å². The van der Waals surface area contributed by atoms with Gasteiger partial charge in [0.25, 0.3) is 0 Å². The predicted molar refractivity (Wildman–Crippen MR) is 111 cm³/mol. The molecule has 2 aromatic carbocycles. The Morgan fingerprint density at radius 2 is 1.47 bits per heavy atom. The summed E-state index contributed by atoms with van der Waals surface area (Å²) in [5, 5.41) is 11.9. The number of pyridine rings is 1. The Kier molecular flexibility index (Phi) is 5.52. The van der Waals surface area contributed by atoms with Gasteiger partial charge in [0, 0.05) is 12.3 Å². The lowest BCUT2D eigenvalue weighted by Crippen LogP contribution is -3.22. The van der Waals surface area contributed by atoms with Crippen molar-refractivity contribution in [1.29, 1.82) is 0 Å². The van der Waals surface area contributed by atoms with E-state index in [1.165, 1.54) is 10.9 Å². The Bertz CT molecular complexity index is 1140. The normalized spacial score (nSPS) is 17.3. The first-order valence-corrected chi connectivity index (χ1v) is 9.98. The van der Waals surface area contributed by atoms with Gasteiger partial charge < -0.3 is 5.11 Å². The summed E-state index contributed by atoms with van der Waals surface area (Å²) in [4.78, 5) is 24.7. The average Bonchev–Trinajstić information content (AvgIpc) is 2.78. The Morgan fingerprint density at radius 3 is 1.97 bits per heavy atom. The minimum absolute atomic E-state index is 0.330. The summed E-state index contributed by atoms with van der Waals surface area (Å²) in [6, 6.07) is 16.7. The van der Waals surface area contributed by atoms with Crippen molar-refractivity contribution >= 4 is 5.91 Å². The summed E-state index contributed by atoms with van der Waals surface area (Å²) in [5.74, 6) is -1.85. The fraction of sp³-hybridized carbons (Fsp3) is 0.217. The van der Waals surface area contributed by atoms with Crippen LogP contribution in [0.4, 0.5) is 13.2 Å². The van der Waals surface area contributed by atoms with Gasteiger partial charge in [0.15, 0.2) is 18.5 Å². The van der Waals surface area contributed by atoms with Gasteiger partial charge in [0.1, 0.15) is 6.04 Å². The third kappa shape index (κ3) is 3.75. The second-order valence-corrected chi connectivity index (χ2v) is 7.66. The molecule has 2 N–H and O–H groups in total. The molecule has 1 amide bonds. The molecule has 6 nitrogen and oxygen atoms in total. The van der Waals surface area contributed by atoms with Crippen molar-refractivity contribution < 1.29 is 28.0 Å². The van der Waals surface area contributed by atoms with Crippen LogP contribution in [0.3, 0.4) is 0 Å². The van der Waals surface area contributed by atoms with Crippen molar-refractivity contribution in [2.24, 2.45) is 0 Å². The van der Waals surface area contributed by atoms with Gasteiger partial charge in [-0.1, -0.05) is 60.7 Å². The standard InChI is InChI=1S/C23H20F3N3O3/c1-15(23(24,25)26)27-14-29(28-13-12-18(30)21(31)20(28)22(27)32)19(16-8-4-2-5-9-16)17-10-6-3-7-11-17/h2-13,15,19,31H,14H2,1H3/p+1. The van der Waals surface area contributed by atoms with Gasteiger partial charge >= 0.3 is 12.1 Å². The van der Waals surface area contributed by atoms with Gasteiger partial charge in [-0.15, -0.1) is 0 Å². The SMILES string of the molecule is CC([NH+]1CN(C(c2ccccc2)c2ccccc2)n2ccc(=O)c(O)c2C1=O)C(F)(F)F. The van der Waals surface area contributed by atoms with E-state index in [4.69, 9.17) is 0 Å². The molecule has 32 heavy (non-hydrogen) atoms. The molecule has 0 saturated carbocycles. The molecule has 0 bridgehead atoms. The number of carbonyl (C=O) groups excluding carboxylic acids is 1. The number of aromatic hydroxyl groups is 1. The number of fused-ring (bicyclic) bond motifs is 1. The third-order valence-electron chi connectivity index (χ3n) is 5.71. The van der Waals surface area contributed by atoms with E-state index < -0.39 is 45.9 Å². The maximum Gasteiger partial charge on any atom is 0.441 e. The Morgan fingerprint density at radius 1 is 0.938 bits per heavy atom. The van der Waals surface area contributed by atoms with Crippen LogP contribution in [0.5, 0.6) is 5.75 Å². The Balaban J connectivity index is 1.95. The van der Waals surface area contributed by atoms with Gasteiger partial charge in [0.05, 0.1) is 0 Å². The molecule has 2 heterocycles. The number of hydrogen-bond acceptors (Lipinski definition) is 4. The van der Waals surface area contributed by atoms with Crippen molar-refractivity contribution in [3.8, 4) is 5.75 Å². The molecule has 1 aliphatic heterocycles. The van der Waals surface area contributed by atoms with Crippen molar-refractivity contribution in [3.05, 3.63) is 100.0 Å². The predicted octanol–water partition coefficient (Wildman–Crippen LogP) is 2.23. The smallest absolute Gasteiger partial charge is 0.441 e. The number of amides is 1. The van der Waals surface area contributed by atoms with Crippen molar-refractivity contribution in [2.75, 3.05) is 11.7 Å². The Labute approximate surface area is 181 Å². The van der Waals surface area contributed by atoms with Crippen LogP contribution in [0.2, 0.25) is 0 Å². The molecule has 9 heteroatoms. The van der Waals surface area contributed by atoms with Crippen molar-refractivity contribution in [1.82, 2.24) is 4.68 Å². The molecule has 4 rings (SSSR count). The lowest BCUT2D eigenvalue weighted by Gasteiger charge is -2.42. The van der Waals surface area contributed by atoms with Crippen LogP contribution in [0.15, 0.2) is 77.7 Å². The van der Waals surface area contributed by atoms with Gasteiger partial charge in [-0.3, -0.25) is 9.80 Å². The van der Waals surface area contributed by atoms with Gasteiger partial charge in [-0.2, -0.15) is 13.2 Å². The third-order valence-corrected chi connectivity index (χ3v) is 5.71. The number of aromatic nitrogens is 1. The molecule has 2 unspecified atom stereocenters. The van der Waals surface area contributed by atoms with E-state index in [2.05, 4.69) is 0 Å². The summed E-state index contributed by atoms with van der Waals surface area (Å²) >= 11 is 0. The molecule has 166 valence electrons. The van der Waals surface area contributed by atoms with E-state index >= 15 is 0 Å². The van der Waals surface area contributed by atoms with E-state index in [0.29, 0.717) is 0 Å². The van der Waals surface area contributed by atoms with Gasteiger partial charge in [0.2, 0.25) is 11.1 Å². The molecule has 0 aliphatic carbocycles. The number of rotatable bonds is 4. The van der Waals surface area contributed by atoms with Crippen LogP contribution >= 0.6 is 0 Å². The Hall–Kier alpha value is -3.59. The van der Waals surface area contributed by atoms with E-state index in [-0.39, 0.29) is 6.67 Å². The van der Waals surface area contributed by atoms with E-state index in [9.17, 15) is 27.9 Å². The number of nitrogens with zero attached hydrogens (tertiary/aromatic N) is 2. The first-order valence-electron chi connectivity index (χ1n) is 9.98. The maximum absolute atomic E-state index is 13.6. The van der Waals surface area contributed by atoms with Crippen LogP contribution in [0, 0.1) is 0 Å². The first-order chi connectivity index (χ1) is 15.2. The zero-order valence-corrected chi connectivity index (χ0v) is 17.1. The van der Waals surface area contributed by atoms with Crippen LogP contribution in [0.25, 0.3) is 0 Å². The zero-order valence-electron chi connectivity index (χ0n) is 17.1. The summed E-state index contributed by atoms with van der Waals surface area (Å²) in [5.41, 5.74) is 0.251. The summed E-state index contributed by atoms with van der Waals surface area (Å²) < 4.78 is 42.1. The van der Waals surface area contributed by atoms with Crippen LogP contribution < -0.4 is 15.3 Å². The highest BCUT2D eigenvalue weighted by atomic mass is 19.4. The largest absolute Gasteiger partial charge is 0.502 e. The topological polar surface area (TPSA) is 67.0 Å². The number of nitrogens with one attached hydrogen (secondary N) is 1. The monoisotopic (exact) mass is 444 g/mol. The van der Waals surface area contributed by atoms with E-state index in [0.717, 1.165) is 24.1 Å². The molecule has 0 radical (unpaired) electrons. The minimum atomic E-state index is -4.65. The number of halogens is 3. The van der Waals surface area contributed by atoms with E-state index in [1.54, 1.807) is 5.01 Å². The molecule has 2 atom stereocenters. The lowest BCUT2D eigenvalue weighted by molar-refractivity contribution is -0.858. The molecule has 1 aliphatic rings. The molecule has 3 aromatic rings. The quantitative estimate of drug-likeness (QED) is 0.648. The molecule has 0 fully saturated rings. The highest BCUT2D eigenvalue weighted by molar-refractivity contribution is 5.89. The molecule has 1 aromatic heterocycles. The van der Waals surface area contributed by atoms with Crippen molar-refractivity contribution in [3.63, 3.8) is 0 Å². The van der Waals surface area contributed by atoms with Crippen LogP contribution in [-0.4, -0.2) is 34.6 Å². The number of benzene rings is 2. The number of carbonyl (C=O) groups is 1. The van der Waals surface area contributed by atoms with Gasteiger partial charge in [-0.05, 0) is 18.1 Å². The summed E-state index contributed by atoms with van der Waals surface area (Å²) in [6.07, 6.45) is -3.35. The highest BCUT2D eigenvalue weighted by Gasteiger charge is 2.51. The number of quaternary nitrogens is 1. The summed E-state index contributed by atoms with van der Waals surface area (Å²) in [6.45, 7) is 0.586. The number of alkyl halides is 3. The minimum Gasteiger partial charge on any atom is -0.502 e. The average molecular weight is 444 g/mol. The fourth-order valence-corrected chi connectivity index (χ4v) is 3.97. The first kappa shape index (κ1) is 21.6. The lowest BCUT2D eigenvalue weighted by atomic mass is 9.98. The van der Waals surface area contributed by atoms with Crippen molar-refractivity contribution in [2.45, 2.75) is 25.2 Å². The van der Waals surface area contributed by atoms with Crippen LogP contribution in [0.1, 0.15) is 34.6 Å². The molecule has 0 spiro atoms. The second kappa shape index (κ2) is 8.16. The molecular formula is C23H21F3N3O3+. The highest BCUT2D eigenvalue weighted by Crippen LogP contribution is 2.30. The molecular weight excluding hydrogens is 423 g/mol. The zero-order chi connectivity index (χ0) is 23.0. The maximum atomic E-state index is 13.6. The summed E-state index contributed by atoms with van der Waals surface area (Å²) in [7, 11) is 0. The van der Waals surface area contributed by atoms with Crippen LogP contribution in [-0.2, 0) is 0 Å².